The zero-order chi connectivity index (χ0) is 7.56. The summed E-state index contributed by atoms with van der Waals surface area (Å²) in [5.41, 5.74) is 0. The minimum absolute atomic E-state index is 0.0881. The molecule has 1 fully saturated rings. The molecule has 1 rings (SSSR count). The third-order valence-electron chi connectivity index (χ3n) is 1.29. The first kappa shape index (κ1) is 6.80. The van der Waals surface area contributed by atoms with E-state index in [0.717, 1.165) is 0 Å². The van der Waals surface area contributed by atoms with Gasteiger partial charge in [0.2, 0.25) is 11.8 Å². The summed E-state index contributed by atoms with van der Waals surface area (Å²) in [6, 6.07) is 0. The molecule has 0 atom stereocenters. The van der Waals surface area contributed by atoms with E-state index in [9.17, 15) is 9.59 Å². The van der Waals surface area contributed by atoms with Crippen LogP contribution >= 0.6 is 0 Å². The quantitative estimate of drug-likeness (QED) is 0.512. The van der Waals surface area contributed by atoms with Gasteiger partial charge in [-0.3, -0.25) is 9.59 Å². The average molecular weight is 140 g/mol. The molecule has 1 N–H and O–H groups in total. The molecule has 0 spiro atoms. The predicted molar refractivity (Wildman–Crippen MR) is 34.9 cm³/mol. The number of hydrogen-bond donors (Lipinski definition) is 1. The Morgan fingerprint density at radius 3 is 2.80 bits per heavy atom. The van der Waals surface area contributed by atoms with Crippen LogP contribution in [0, 0.1) is 0 Å². The van der Waals surface area contributed by atoms with Crippen molar-refractivity contribution in [3.63, 3.8) is 0 Å². The van der Waals surface area contributed by atoms with Gasteiger partial charge < -0.3 is 10.2 Å². The molecule has 0 radical (unpaired) electrons. The van der Waals surface area contributed by atoms with Gasteiger partial charge in [0, 0.05) is 6.20 Å². The van der Waals surface area contributed by atoms with E-state index >= 15 is 0 Å². The van der Waals surface area contributed by atoms with Crippen LogP contribution in [0.3, 0.4) is 0 Å². The maximum atomic E-state index is 10.8. The zero-order valence-electron chi connectivity index (χ0n) is 5.46. The van der Waals surface area contributed by atoms with Gasteiger partial charge in [-0.2, -0.15) is 0 Å². The minimum Gasteiger partial charge on any atom is -0.345 e. The normalized spacial score (nSPS) is 18.6. The lowest BCUT2D eigenvalue weighted by Crippen LogP contribution is -2.48. The molecule has 4 nitrogen and oxygen atoms in total. The third kappa shape index (κ3) is 1.15. The molecule has 0 aromatic rings. The molecule has 0 aliphatic carbocycles. The van der Waals surface area contributed by atoms with Crippen LogP contribution < -0.4 is 5.32 Å². The number of hydrogen-bond acceptors (Lipinski definition) is 2. The highest BCUT2D eigenvalue weighted by Crippen LogP contribution is 1.93. The summed E-state index contributed by atoms with van der Waals surface area (Å²) >= 11 is 0. The fraction of sp³-hybridized carbons (Fsp3) is 0.333. The fourth-order valence-corrected chi connectivity index (χ4v) is 0.741. The van der Waals surface area contributed by atoms with Crippen molar-refractivity contribution in [2.75, 3.05) is 13.1 Å². The number of nitrogens with one attached hydrogen (secondary N) is 1. The van der Waals surface area contributed by atoms with Crippen LogP contribution in [0.5, 0.6) is 0 Å². The first-order valence-corrected chi connectivity index (χ1v) is 2.93. The lowest BCUT2D eigenvalue weighted by Gasteiger charge is -2.22. The number of carbonyl (C=O) groups excluding carboxylic acids is 2. The second-order valence-electron chi connectivity index (χ2n) is 1.98. The predicted octanol–water partition coefficient (Wildman–Crippen LogP) is -0.912. The van der Waals surface area contributed by atoms with Crippen LogP contribution in [0.4, 0.5) is 0 Å². The summed E-state index contributed by atoms with van der Waals surface area (Å²) in [5, 5.41) is 2.42. The van der Waals surface area contributed by atoms with E-state index in [1.165, 1.54) is 11.1 Å². The Bertz CT molecular complexity index is 188. The first-order chi connectivity index (χ1) is 4.74. The molecular formula is C6H8N2O2. The van der Waals surface area contributed by atoms with Crippen molar-refractivity contribution in [3.8, 4) is 0 Å². The maximum Gasteiger partial charge on any atom is 0.246 e. The van der Waals surface area contributed by atoms with Gasteiger partial charge in [0.05, 0.1) is 6.54 Å². The minimum atomic E-state index is -0.139. The lowest BCUT2D eigenvalue weighted by molar-refractivity contribution is -0.137. The van der Waals surface area contributed by atoms with Crippen LogP contribution in [0.25, 0.3) is 0 Å². The van der Waals surface area contributed by atoms with Crippen molar-refractivity contribution in [2.24, 2.45) is 0 Å². The summed E-state index contributed by atoms with van der Waals surface area (Å²) in [6.45, 7) is 3.58. The molecule has 0 saturated carbocycles. The Morgan fingerprint density at radius 1 is 1.60 bits per heavy atom. The molecule has 0 aromatic heterocycles. The Hall–Kier alpha value is -1.32. The van der Waals surface area contributed by atoms with E-state index < -0.39 is 0 Å². The number of amides is 2. The molecule has 0 unspecified atom stereocenters. The van der Waals surface area contributed by atoms with Crippen LogP contribution in [-0.4, -0.2) is 29.8 Å². The third-order valence-corrected chi connectivity index (χ3v) is 1.29. The summed E-state index contributed by atoms with van der Waals surface area (Å²) in [5.74, 6) is -0.255. The van der Waals surface area contributed by atoms with Crippen LogP contribution in [0.2, 0.25) is 0 Å². The maximum absolute atomic E-state index is 10.8. The van der Waals surface area contributed by atoms with Gasteiger partial charge >= 0.3 is 0 Å². The Morgan fingerprint density at radius 2 is 2.30 bits per heavy atom. The number of rotatable bonds is 1. The van der Waals surface area contributed by atoms with Crippen LogP contribution in [0.15, 0.2) is 12.8 Å². The van der Waals surface area contributed by atoms with Crippen molar-refractivity contribution < 1.29 is 9.59 Å². The summed E-state index contributed by atoms with van der Waals surface area (Å²) in [6.07, 6.45) is 1.36. The SMILES string of the molecule is C=CN1CC(=O)NCC1=O. The van der Waals surface area contributed by atoms with Crippen molar-refractivity contribution in [1.29, 1.82) is 0 Å². The Balaban J connectivity index is 2.62. The molecule has 0 bridgehead atoms. The van der Waals surface area contributed by atoms with E-state index in [2.05, 4.69) is 11.9 Å². The molecule has 1 saturated heterocycles. The van der Waals surface area contributed by atoms with E-state index in [1.54, 1.807) is 0 Å². The second kappa shape index (κ2) is 2.51. The Kier molecular flexibility index (Phi) is 1.71. The van der Waals surface area contributed by atoms with E-state index in [0.29, 0.717) is 0 Å². The molecule has 2 amide bonds. The van der Waals surface area contributed by atoms with E-state index in [4.69, 9.17) is 0 Å². The molecule has 1 aliphatic heterocycles. The van der Waals surface area contributed by atoms with Gasteiger partial charge in [-0.15, -0.1) is 0 Å². The van der Waals surface area contributed by atoms with Gasteiger partial charge in [-0.25, -0.2) is 0 Å². The smallest absolute Gasteiger partial charge is 0.246 e. The number of piperazine rings is 1. The highest BCUT2D eigenvalue weighted by molar-refractivity contribution is 5.92. The zero-order valence-corrected chi connectivity index (χ0v) is 5.46. The van der Waals surface area contributed by atoms with Crippen molar-refractivity contribution >= 4 is 11.8 Å². The molecule has 1 aliphatic rings. The molecule has 1 heterocycles. The Labute approximate surface area is 58.5 Å². The molecule has 10 heavy (non-hydrogen) atoms. The van der Waals surface area contributed by atoms with E-state index in [1.807, 2.05) is 0 Å². The highest BCUT2D eigenvalue weighted by atomic mass is 16.2. The molecular weight excluding hydrogens is 132 g/mol. The molecule has 4 heteroatoms. The fourth-order valence-electron chi connectivity index (χ4n) is 0.741. The molecule has 54 valence electrons. The topological polar surface area (TPSA) is 49.4 Å². The average Bonchev–Trinajstić information content (AvgIpc) is 1.94. The highest BCUT2D eigenvalue weighted by Gasteiger charge is 2.19. The van der Waals surface area contributed by atoms with Crippen LogP contribution in [-0.2, 0) is 9.59 Å². The van der Waals surface area contributed by atoms with E-state index in [-0.39, 0.29) is 24.9 Å². The summed E-state index contributed by atoms with van der Waals surface area (Å²) in [4.78, 5) is 22.7. The summed E-state index contributed by atoms with van der Waals surface area (Å²) < 4.78 is 0. The number of nitrogens with zero attached hydrogens (tertiary/aromatic N) is 1. The van der Waals surface area contributed by atoms with Crippen molar-refractivity contribution in [1.82, 2.24) is 10.2 Å². The lowest BCUT2D eigenvalue weighted by atomic mass is 10.3. The second-order valence-corrected chi connectivity index (χ2v) is 1.98. The van der Waals surface area contributed by atoms with Gasteiger partial charge in [-0.05, 0) is 0 Å². The van der Waals surface area contributed by atoms with Gasteiger partial charge in [-0.1, -0.05) is 6.58 Å². The van der Waals surface area contributed by atoms with Crippen molar-refractivity contribution in [2.45, 2.75) is 0 Å². The van der Waals surface area contributed by atoms with Crippen LogP contribution in [0.1, 0.15) is 0 Å². The summed E-state index contributed by atoms with van der Waals surface area (Å²) in [7, 11) is 0. The largest absolute Gasteiger partial charge is 0.345 e. The van der Waals surface area contributed by atoms with Gasteiger partial charge in [0.25, 0.3) is 0 Å². The van der Waals surface area contributed by atoms with Gasteiger partial charge in [0.1, 0.15) is 6.54 Å². The standard InChI is InChI=1S/C6H8N2O2/c1-2-8-4-5(9)7-3-6(8)10/h2H,1,3-4H2,(H,7,9). The first-order valence-electron chi connectivity index (χ1n) is 2.93. The molecule has 0 aromatic carbocycles. The number of carbonyl (C=O) groups is 2. The monoisotopic (exact) mass is 140 g/mol. The van der Waals surface area contributed by atoms with Crippen molar-refractivity contribution in [3.05, 3.63) is 12.8 Å². The van der Waals surface area contributed by atoms with Gasteiger partial charge in [0.15, 0.2) is 0 Å².